The van der Waals surface area contributed by atoms with Crippen molar-refractivity contribution in [1.82, 2.24) is 0 Å². The lowest BCUT2D eigenvalue weighted by Gasteiger charge is -2.21. The van der Waals surface area contributed by atoms with Gasteiger partial charge in [-0.05, 0) is 43.4 Å². The van der Waals surface area contributed by atoms with Crippen LogP contribution in [0, 0.1) is 5.92 Å². The van der Waals surface area contributed by atoms with Crippen LogP contribution >= 0.6 is 0 Å². The van der Waals surface area contributed by atoms with Crippen LogP contribution in [0.15, 0.2) is 34.9 Å². The largest absolute Gasteiger partial charge is 0.0950 e. The summed E-state index contributed by atoms with van der Waals surface area (Å²) in [6.45, 7) is 12.7. The third-order valence-electron chi connectivity index (χ3n) is 2.69. The highest BCUT2D eigenvalue weighted by molar-refractivity contribution is 5.47. The van der Waals surface area contributed by atoms with Gasteiger partial charge in [0.15, 0.2) is 0 Å². The predicted octanol–water partition coefficient (Wildman–Crippen LogP) is 3.48. The third-order valence-corrected chi connectivity index (χ3v) is 2.69. The maximum atomic E-state index is 4.06. The average molecular weight is 148 g/mol. The quantitative estimate of drug-likeness (QED) is 0.493. The zero-order chi connectivity index (χ0) is 8.59. The Labute approximate surface area is 69.3 Å². The highest BCUT2D eigenvalue weighted by Crippen LogP contribution is 2.31. The normalized spacial score (nSPS) is 25.6. The summed E-state index contributed by atoms with van der Waals surface area (Å²) in [5, 5.41) is 0. The zero-order valence-electron chi connectivity index (χ0n) is 7.86. The summed E-state index contributed by atoms with van der Waals surface area (Å²) >= 11 is 0. The molecule has 0 bridgehead atoms. The first-order valence-electron chi connectivity index (χ1n) is 4.09. The van der Waals surface area contributed by atoms with E-state index >= 15 is 0 Å². The molecule has 0 fully saturated rings. The van der Waals surface area contributed by atoms with E-state index in [1.54, 1.807) is 0 Å². The Bertz CT molecular complexity index is 251. The lowest BCUT2D eigenvalue weighted by atomic mass is 9.84. The maximum absolute atomic E-state index is 4.06. The second kappa shape index (κ2) is 2.69. The van der Waals surface area contributed by atoms with Gasteiger partial charge in [-0.25, -0.2) is 0 Å². The van der Waals surface area contributed by atoms with Crippen LogP contribution in [0.1, 0.15) is 27.7 Å². The molecule has 1 aliphatic rings. The molecule has 0 aromatic rings. The number of hydrogen-bond acceptors (Lipinski definition) is 0. The first-order chi connectivity index (χ1) is 5.04. The van der Waals surface area contributed by atoms with E-state index in [0.717, 1.165) is 0 Å². The van der Waals surface area contributed by atoms with Crippen molar-refractivity contribution < 1.29 is 0 Å². The molecule has 11 heavy (non-hydrogen) atoms. The summed E-state index contributed by atoms with van der Waals surface area (Å²) in [6.07, 6.45) is 2.28. The minimum absolute atomic E-state index is 0.527. The summed E-state index contributed by atoms with van der Waals surface area (Å²) in [7, 11) is 0. The second-order valence-electron chi connectivity index (χ2n) is 3.41. The highest BCUT2D eigenvalue weighted by Gasteiger charge is 2.14. The van der Waals surface area contributed by atoms with E-state index in [1.165, 1.54) is 22.3 Å². The first kappa shape index (κ1) is 8.32. The van der Waals surface area contributed by atoms with E-state index < -0.39 is 0 Å². The van der Waals surface area contributed by atoms with Crippen LogP contribution in [0.3, 0.4) is 0 Å². The molecule has 0 radical (unpaired) electrons. The molecule has 0 saturated carbocycles. The molecular weight excluding hydrogens is 132 g/mol. The van der Waals surface area contributed by atoms with Crippen molar-refractivity contribution in [2.75, 3.05) is 0 Å². The molecule has 1 aliphatic carbocycles. The van der Waals surface area contributed by atoms with Crippen molar-refractivity contribution in [2.45, 2.75) is 27.7 Å². The van der Waals surface area contributed by atoms with Gasteiger partial charge in [-0.15, -0.1) is 0 Å². The van der Waals surface area contributed by atoms with Crippen molar-refractivity contribution in [3.05, 3.63) is 34.9 Å². The Hall–Kier alpha value is -0.780. The third kappa shape index (κ3) is 1.30. The summed E-state index contributed by atoms with van der Waals surface area (Å²) in [5.41, 5.74) is 5.45. The summed E-state index contributed by atoms with van der Waals surface area (Å²) in [6, 6.07) is 0. The fraction of sp³-hybridized carbons (Fsp3) is 0.455. The van der Waals surface area contributed by atoms with Gasteiger partial charge in [0.1, 0.15) is 0 Å². The monoisotopic (exact) mass is 148 g/mol. The van der Waals surface area contributed by atoms with Gasteiger partial charge in [0.2, 0.25) is 0 Å². The smallest absolute Gasteiger partial charge is 0.000777 e. The molecule has 0 saturated heterocycles. The zero-order valence-corrected chi connectivity index (χ0v) is 7.86. The van der Waals surface area contributed by atoms with E-state index in [2.05, 4.69) is 40.3 Å². The average Bonchev–Trinajstić information content (AvgIpc) is 1.97. The molecule has 1 unspecified atom stereocenters. The van der Waals surface area contributed by atoms with Crippen LogP contribution in [-0.2, 0) is 0 Å². The molecule has 0 nitrogen and oxygen atoms in total. The number of rotatable bonds is 0. The standard InChI is InChI=1S/C11H16/c1-7-6-8(2)10(4)11(5)9(7)3/h6-7H,3H2,1-2,4-5H3. The number of hydrogen-bond donors (Lipinski definition) is 0. The molecule has 60 valence electrons. The highest BCUT2D eigenvalue weighted by atomic mass is 14.2. The summed E-state index contributed by atoms with van der Waals surface area (Å²) in [4.78, 5) is 0. The van der Waals surface area contributed by atoms with Crippen LogP contribution in [-0.4, -0.2) is 0 Å². The van der Waals surface area contributed by atoms with Crippen molar-refractivity contribution in [3.63, 3.8) is 0 Å². The Kier molecular flexibility index (Phi) is 2.03. The van der Waals surface area contributed by atoms with Crippen LogP contribution in [0.5, 0.6) is 0 Å². The predicted molar refractivity (Wildman–Crippen MR) is 50.4 cm³/mol. The van der Waals surface area contributed by atoms with Crippen LogP contribution < -0.4 is 0 Å². The molecule has 0 amide bonds. The van der Waals surface area contributed by atoms with Crippen molar-refractivity contribution in [1.29, 1.82) is 0 Å². The van der Waals surface area contributed by atoms with Gasteiger partial charge in [0, 0.05) is 0 Å². The minimum Gasteiger partial charge on any atom is -0.0950 e. The van der Waals surface area contributed by atoms with Crippen LogP contribution in [0.4, 0.5) is 0 Å². The Morgan fingerprint density at radius 1 is 1.18 bits per heavy atom. The molecule has 0 N–H and O–H groups in total. The lowest BCUT2D eigenvalue weighted by molar-refractivity contribution is 0.843. The van der Waals surface area contributed by atoms with Gasteiger partial charge in [0.25, 0.3) is 0 Å². The van der Waals surface area contributed by atoms with E-state index in [1.807, 2.05) is 0 Å². The van der Waals surface area contributed by atoms with Crippen molar-refractivity contribution in [2.24, 2.45) is 5.92 Å². The van der Waals surface area contributed by atoms with Gasteiger partial charge in [-0.1, -0.05) is 25.2 Å². The molecule has 0 heterocycles. The van der Waals surface area contributed by atoms with Crippen molar-refractivity contribution >= 4 is 0 Å². The summed E-state index contributed by atoms with van der Waals surface area (Å²) in [5.74, 6) is 0.527. The van der Waals surface area contributed by atoms with Crippen LogP contribution in [0.2, 0.25) is 0 Å². The fourth-order valence-electron chi connectivity index (χ4n) is 1.48. The van der Waals surface area contributed by atoms with Gasteiger partial charge >= 0.3 is 0 Å². The fourth-order valence-corrected chi connectivity index (χ4v) is 1.48. The van der Waals surface area contributed by atoms with Gasteiger partial charge in [-0.3, -0.25) is 0 Å². The summed E-state index contributed by atoms with van der Waals surface area (Å²) < 4.78 is 0. The Morgan fingerprint density at radius 2 is 1.73 bits per heavy atom. The van der Waals surface area contributed by atoms with Gasteiger partial charge in [0.05, 0.1) is 0 Å². The maximum Gasteiger partial charge on any atom is -0.000777 e. The van der Waals surface area contributed by atoms with Crippen LogP contribution in [0.25, 0.3) is 0 Å². The lowest BCUT2D eigenvalue weighted by Crippen LogP contribution is -2.05. The molecular formula is C11H16. The molecule has 0 heteroatoms. The molecule has 1 atom stereocenters. The molecule has 0 spiro atoms. The van der Waals surface area contributed by atoms with Gasteiger partial charge < -0.3 is 0 Å². The van der Waals surface area contributed by atoms with E-state index in [0.29, 0.717) is 5.92 Å². The Balaban J connectivity index is 3.12. The topological polar surface area (TPSA) is 0 Å². The molecule has 1 rings (SSSR count). The van der Waals surface area contributed by atoms with Gasteiger partial charge in [-0.2, -0.15) is 0 Å². The Morgan fingerprint density at radius 3 is 2.27 bits per heavy atom. The number of allylic oxidation sites excluding steroid dienone is 5. The van der Waals surface area contributed by atoms with E-state index in [4.69, 9.17) is 0 Å². The van der Waals surface area contributed by atoms with E-state index in [9.17, 15) is 0 Å². The minimum atomic E-state index is 0.527. The van der Waals surface area contributed by atoms with Crippen molar-refractivity contribution in [3.8, 4) is 0 Å². The van der Waals surface area contributed by atoms with E-state index in [-0.39, 0.29) is 0 Å². The molecule has 0 aliphatic heterocycles. The second-order valence-corrected chi connectivity index (χ2v) is 3.41. The molecule has 0 aromatic heterocycles. The molecule has 0 aromatic carbocycles. The SMILES string of the molecule is C=C1C(C)=C(C)C(C)=CC1C. The first-order valence-corrected chi connectivity index (χ1v) is 4.09.